The number of hydrogen-bond acceptors (Lipinski definition) is 3. The number of carbonyl (C=O) groups excluding carboxylic acids is 1. The van der Waals surface area contributed by atoms with Gasteiger partial charge in [-0.05, 0) is 57.3 Å². The van der Waals surface area contributed by atoms with Crippen LogP contribution in [0.1, 0.15) is 62.2 Å². The molecule has 1 aromatic rings. The third-order valence-electron chi connectivity index (χ3n) is 4.47. The van der Waals surface area contributed by atoms with Crippen LogP contribution in [0.5, 0.6) is 0 Å². The predicted molar refractivity (Wildman–Crippen MR) is 90.1 cm³/mol. The summed E-state index contributed by atoms with van der Waals surface area (Å²) in [5.74, 6) is -0.202. The lowest BCUT2D eigenvalue weighted by Gasteiger charge is -2.35. The van der Waals surface area contributed by atoms with Crippen LogP contribution < -0.4 is 0 Å². The second kappa shape index (κ2) is 9.62. The Morgan fingerprint density at radius 3 is 2.82 bits per heavy atom. The largest absolute Gasteiger partial charge is 0.462 e. The molecule has 1 aliphatic rings. The van der Waals surface area contributed by atoms with Crippen LogP contribution in [0.15, 0.2) is 30.3 Å². The van der Waals surface area contributed by atoms with Gasteiger partial charge in [0.25, 0.3) is 0 Å². The molecule has 22 heavy (non-hydrogen) atoms. The molecule has 0 bridgehead atoms. The summed E-state index contributed by atoms with van der Waals surface area (Å²) in [5.41, 5.74) is 0.643. The summed E-state index contributed by atoms with van der Waals surface area (Å²) < 4.78 is 5.38. The van der Waals surface area contributed by atoms with Crippen LogP contribution >= 0.6 is 0 Å². The summed E-state index contributed by atoms with van der Waals surface area (Å²) >= 11 is 0. The maximum atomic E-state index is 11.9. The van der Waals surface area contributed by atoms with E-state index >= 15 is 0 Å². The highest BCUT2D eigenvalue weighted by atomic mass is 16.5. The number of piperidine rings is 1. The highest BCUT2D eigenvalue weighted by Gasteiger charge is 2.21. The zero-order valence-electron chi connectivity index (χ0n) is 13.8. The van der Waals surface area contributed by atoms with Crippen LogP contribution in [-0.2, 0) is 4.74 Å². The van der Waals surface area contributed by atoms with Gasteiger partial charge in [0.05, 0.1) is 12.2 Å². The first-order valence-corrected chi connectivity index (χ1v) is 8.77. The summed E-state index contributed by atoms with van der Waals surface area (Å²) in [5, 5.41) is 0. The molecule has 3 nitrogen and oxygen atoms in total. The number of rotatable bonds is 8. The van der Waals surface area contributed by atoms with Crippen LogP contribution in [0.4, 0.5) is 0 Å². The number of benzene rings is 1. The van der Waals surface area contributed by atoms with Crippen molar-refractivity contribution in [3.63, 3.8) is 0 Å². The van der Waals surface area contributed by atoms with Gasteiger partial charge in [0.1, 0.15) is 0 Å². The lowest BCUT2D eigenvalue weighted by Crippen LogP contribution is -2.40. The molecule has 0 N–H and O–H groups in total. The van der Waals surface area contributed by atoms with Crippen molar-refractivity contribution in [1.29, 1.82) is 0 Å². The SMILES string of the molecule is CCCCN1CCCCC1CCCOC(=O)c1ccccc1. The molecular formula is C19H29NO2. The van der Waals surface area contributed by atoms with E-state index < -0.39 is 0 Å². The van der Waals surface area contributed by atoms with Crippen molar-refractivity contribution < 1.29 is 9.53 Å². The summed E-state index contributed by atoms with van der Waals surface area (Å²) in [6.45, 7) is 5.26. The van der Waals surface area contributed by atoms with Crippen molar-refractivity contribution in [1.82, 2.24) is 4.90 Å². The first kappa shape index (κ1) is 17.0. The van der Waals surface area contributed by atoms with E-state index in [0.717, 1.165) is 12.8 Å². The van der Waals surface area contributed by atoms with Crippen molar-refractivity contribution in [2.45, 2.75) is 57.9 Å². The molecule has 0 aromatic heterocycles. The molecule has 0 saturated carbocycles. The molecule has 1 heterocycles. The van der Waals surface area contributed by atoms with Crippen LogP contribution in [0, 0.1) is 0 Å². The molecule has 1 fully saturated rings. The number of nitrogens with zero attached hydrogens (tertiary/aromatic N) is 1. The minimum Gasteiger partial charge on any atom is -0.462 e. The van der Waals surface area contributed by atoms with Crippen LogP contribution in [-0.4, -0.2) is 36.6 Å². The van der Waals surface area contributed by atoms with Crippen molar-refractivity contribution in [3.05, 3.63) is 35.9 Å². The zero-order chi connectivity index (χ0) is 15.6. The van der Waals surface area contributed by atoms with Crippen LogP contribution in [0.3, 0.4) is 0 Å². The Labute approximate surface area is 134 Å². The van der Waals surface area contributed by atoms with Gasteiger partial charge in [-0.2, -0.15) is 0 Å². The first-order valence-electron chi connectivity index (χ1n) is 8.77. The smallest absolute Gasteiger partial charge is 0.338 e. The van der Waals surface area contributed by atoms with Gasteiger partial charge in [0, 0.05) is 6.04 Å². The zero-order valence-corrected chi connectivity index (χ0v) is 13.8. The maximum Gasteiger partial charge on any atom is 0.338 e. The Morgan fingerprint density at radius 2 is 2.05 bits per heavy atom. The van der Waals surface area contributed by atoms with E-state index in [2.05, 4.69) is 11.8 Å². The number of hydrogen-bond donors (Lipinski definition) is 0. The molecule has 3 heteroatoms. The van der Waals surface area contributed by atoms with Crippen LogP contribution in [0.2, 0.25) is 0 Å². The number of unbranched alkanes of at least 4 members (excludes halogenated alkanes) is 1. The molecule has 0 aliphatic carbocycles. The lowest BCUT2D eigenvalue weighted by molar-refractivity contribution is 0.0479. The third-order valence-corrected chi connectivity index (χ3v) is 4.47. The highest BCUT2D eigenvalue weighted by molar-refractivity contribution is 5.89. The van der Waals surface area contributed by atoms with E-state index in [-0.39, 0.29) is 5.97 Å². The van der Waals surface area contributed by atoms with Gasteiger partial charge < -0.3 is 9.64 Å². The Balaban J connectivity index is 1.67. The number of carbonyl (C=O) groups is 1. The summed E-state index contributed by atoms with van der Waals surface area (Å²) in [4.78, 5) is 14.5. The Kier molecular flexibility index (Phi) is 7.44. The quantitative estimate of drug-likeness (QED) is 0.530. The van der Waals surface area contributed by atoms with Crippen molar-refractivity contribution in [2.75, 3.05) is 19.7 Å². The maximum absolute atomic E-state index is 11.9. The van der Waals surface area contributed by atoms with Gasteiger partial charge in [-0.3, -0.25) is 0 Å². The fraction of sp³-hybridized carbons (Fsp3) is 0.632. The summed E-state index contributed by atoms with van der Waals surface area (Å²) in [6, 6.07) is 9.93. The Morgan fingerprint density at radius 1 is 1.23 bits per heavy atom. The fourth-order valence-corrected chi connectivity index (χ4v) is 3.18. The second-order valence-electron chi connectivity index (χ2n) is 6.18. The van der Waals surface area contributed by atoms with Crippen molar-refractivity contribution in [2.24, 2.45) is 0 Å². The predicted octanol–water partition coefficient (Wildman–Crippen LogP) is 4.28. The normalized spacial score (nSPS) is 19.0. The molecular weight excluding hydrogens is 274 g/mol. The van der Waals surface area contributed by atoms with Gasteiger partial charge in [0.2, 0.25) is 0 Å². The molecule has 122 valence electrons. The van der Waals surface area contributed by atoms with Crippen molar-refractivity contribution in [3.8, 4) is 0 Å². The fourth-order valence-electron chi connectivity index (χ4n) is 3.18. The average molecular weight is 303 g/mol. The van der Waals surface area contributed by atoms with Crippen molar-refractivity contribution >= 4 is 5.97 Å². The van der Waals surface area contributed by atoms with Gasteiger partial charge in [0.15, 0.2) is 0 Å². The van der Waals surface area contributed by atoms with E-state index in [1.165, 1.54) is 45.2 Å². The Hall–Kier alpha value is -1.35. The van der Waals surface area contributed by atoms with E-state index in [4.69, 9.17) is 4.74 Å². The molecule has 1 saturated heterocycles. The molecule has 1 atom stereocenters. The van der Waals surface area contributed by atoms with Crippen LogP contribution in [0.25, 0.3) is 0 Å². The molecule has 0 radical (unpaired) electrons. The van der Waals surface area contributed by atoms with E-state index in [9.17, 15) is 4.79 Å². The topological polar surface area (TPSA) is 29.5 Å². The summed E-state index contributed by atoms with van der Waals surface area (Å²) in [7, 11) is 0. The highest BCUT2D eigenvalue weighted by Crippen LogP contribution is 2.21. The summed E-state index contributed by atoms with van der Waals surface area (Å²) in [6.07, 6.45) is 8.64. The molecule has 1 aliphatic heterocycles. The Bertz CT molecular complexity index is 432. The minimum atomic E-state index is -0.202. The average Bonchev–Trinajstić information content (AvgIpc) is 2.58. The molecule has 0 spiro atoms. The van der Waals surface area contributed by atoms with E-state index in [1.54, 1.807) is 12.1 Å². The first-order chi connectivity index (χ1) is 10.8. The third kappa shape index (κ3) is 5.45. The number of ether oxygens (including phenoxy) is 1. The lowest BCUT2D eigenvalue weighted by atomic mass is 9.98. The van der Waals surface area contributed by atoms with Gasteiger partial charge >= 0.3 is 5.97 Å². The second-order valence-corrected chi connectivity index (χ2v) is 6.18. The minimum absolute atomic E-state index is 0.202. The van der Waals surface area contributed by atoms with Gasteiger partial charge in [-0.1, -0.05) is 38.0 Å². The molecule has 0 amide bonds. The number of esters is 1. The van der Waals surface area contributed by atoms with Gasteiger partial charge in [-0.15, -0.1) is 0 Å². The molecule has 2 rings (SSSR count). The van der Waals surface area contributed by atoms with Gasteiger partial charge in [-0.25, -0.2) is 4.79 Å². The molecule has 1 aromatic carbocycles. The monoisotopic (exact) mass is 303 g/mol. The standard InChI is InChI=1S/C19H29NO2/c1-2-3-14-20-15-8-7-12-18(20)13-9-16-22-19(21)17-10-5-4-6-11-17/h4-6,10-11,18H,2-3,7-9,12-16H2,1H3. The number of likely N-dealkylation sites (tertiary alicyclic amines) is 1. The molecule has 1 unspecified atom stereocenters. The van der Waals surface area contributed by atoms with E-state index in [0.29, 0.717) is 18.2 Å². The van der Waals surface area contributed by atoms with E-state index in [1.807, 2.05) is 18.2 Å².